The minimum atomic E-state index is -0.760. The van der Waals surface area contributed by atoms with Gasteiger partial charge in [-0.1, -0.05) is 19.3 Å². The van der Waals surface area contributed by atoms with E-state index in [4.69, 9.17) is 4.42 Å². The van der Waals surface area contributed by atoms with Crippen LogP contribution in [-0.4, -0.2) is 28.3 Å². The van der Waals surface area contributed by atoms with Gasteiger partial charge in [0.05, 0.1) is 5.60 Å². The summed E-state index contributed by atoms with van der Waals surface area (Å²) in [4.78, 5) is 16.6. The number of fused-ring (bicyclic) bond motifs is 1. The smallest absolute Gasteiger partial charge is 0.319 e. The van der Waals surface area contributed by atoms with Crippen molar-refractivity contribution in [3.8, 4) is 0 Å². The van der Waals surface area contributed by atoms with Crippen LogP contribution in [0.3, 0.4) is 0 Å². The molecule has 24 heavy (non-hydrogen) atoms. The van der Waals surface area contributed by atoms with Crippen molar-refractivity contribution in [1.82, 2.24) is 10.3 Å². The van der Waals surface area contributed by atoms with Gasteiger partial charge < -0.3 is 20.2 Å². The zero-order chi connectivity index (χ0) is 16.6. The number of urea groups is 1. The highest BCUT2D eigenvalue weighted by molar-refractivity contribution is 5.91. The Morgan fingerprint density at radius 2 is 2.08 bits per heavy atom. The SMILES string of the molecule is O=C(NCC1(O)CCCCC1)Nc1ccc2nc(C3CC3)oc2c1. The molecule has 6 heteroatoms. The van der Waals surface area contributed by atoms with E-state index in [0.29, 0.717) is 17.2 Å². The summed E-state index contributed by atoms with van der Waals surface area (Å²) in [5.74, 6) is 1.26. The van der Waals surface area contributed by atoms with E-state index in [1.54, 1.807) is 6.07 Å². The Morgan fingerprint density at radius 1 is 1.29 bits per heavy atom. The molecule has 2 aliphatic carbocycles. The number of aromatic nitrogens is 1. The molecule has 2 saturated carbocycles. The topological polar surface area (TPSA) is 87.4 Å². The molecular formula is C18H23N3O3. The van der Waals surface area contributed by atoms with Gasteiger partial charge in [-0.2, -0.15) is 0 Å². The first-order valence-corrected chi connectivity index (χ1v) is 8.79. The summed E-state index contributed by atoms with van der Waals surface area (Å²) in [6.07, 6.45) is 6.99. The standard InChI is InChI=1S/C18H23N3O3/c22-17(19-11-18(23)8-2-1-3-9-18)20-13-6-7-14-15(10-13)24-16(21-14)12-4-5-12/h6-7,10,12,23H,1-5,8-9,11H2,(H2,19,20,22). The van der Waals surface area contributed by atoms with Crippen molar-refractivity contribution in [2.75, 3.05) is 11.9 Å². The fraction of sp³-hybridized carbons (Fsp3) is 0.556. The number of oxazole rings is 1. The second-order valence-corrected chi connectivity index (χ2v) is 7.10. The van der Waals surface area contributed by atoms with Gasteiger partial charge in [0.15, 0.2) is 11.5 Å². The van der Waals surface area contributed by atoms with Crippen LogP contribution in [0.4, 0.5) is 10.5 Å². The van der Waals surface area contributed by atoms with Gasteiger partial charge in [-0.25, -0.2) is 9.78 Å². The lowest BCUT2D eigenvalue weighted by Gasteiger charge is -2.32. The fourth-order valence-corrected chi connectivity index (χ4v) is 3.33. The number of carbonyl (C=O) groups is 1. The summed E-state index contributed by atoms with van der Waals surface area (Å²) in [6, 6.07) is 5.16. The second kappa shape index (κ2) is 6.09. The predicted octanol–water partition coefficient (Wildman–Crippen LogP) is 3.52. The van der Waals surface area contributed by atoms with Gasteiger partial charge in [0.1, 0.15) is 5.52 Å². The molecule has 2 aromatic rings. The van der Waals surface area contributed by atoms with Crippen LogP contribution in [0.15, 0.2) is 22.6 Å². The van der Waals surface area contributed by atoms with Gasteiger partial charge in [-0.05, 0) is 37.8 Å². The molecule has 2 amide bonds. The van der Waals surface area contributed by atoms with Crippen molar-refractivity contribution >= 4 is 22.8 Å². The molecule has 0 unspecified atom stereocenters. The third-order valence-electron chi connectivity index (χ3n) is 4.95. The highest BCUT2D eigenvalue weighted by Gasteiger charge is 2.30. The number of nitrogens with zero attached hydrogens (tertiary/aromatic N) is 1. The van der Waals surface area contributed by atoms with Crippen LogP contribution in [0.2, 0.25) is 0 Å². The summed E-state index contributed by atoms with van der Waals surface area (Å²) in [5.41, 5.74) is 1.41. The molecule has 0 atom stereocenters. The number of anilines is 1. The Labute approximate surface area is 140 Å². The van der Waals surface area contributed by atoms with Crippen molar-refractivity contribution in [3.05, 3.63) is 24.1 Å². The first-order valence-electron chi connectivity index (χ1n) is 8.79. The zero-order valence-electron chi connectivity index (χ0n) is 13.7. The van der Waals surface area contributed by atoms with Crippen molar-refractivity contribution in [2.45, 2.75) is 56.5 Å². The van der Waals surface area contributed by atoms with Crippen LogP contribution >= 0.6 is 0 Å². The minimum absolute atomic E-state index is 0.287. The summed E-state index contributed by atoms with van der Waals surface area (Å²) in [6.45, 7) is 0.287. The number of hydrogen-bond donors (Lipinski definition) is 3. The quantitative estimate of drug-likeness (QED) is 0.801. The largest absolute Gasteiger partial charge is 0.440 e. The molecule has 1 aromatic carbocycles. The Hall–Kier alpha value is -2.08. The number of rotatable bonds is 4. The van der Waals surface area contributed by atoms with E-state index in [-0.39, 0.29) is 12.6 Å². The second-order valence-electron chi connectivity index (χ2n) is 7.10. The molecule has 128 valence electrons. The molecule has 6 nitrogen and oxygen atoms in total. The molecule has 0 saturated heterocycles. The number of amides is 2. The fourth-order valence-electron chi connectivity index (χ4n) is 3.33. The minimum Gasteiger partial charge on any atom is -0.440 e. The summed E-state index contributed by atoms with van der Waals surface area (Å²) >= 11 is 0. The van der Waals surface area contributed by atoms with Gasteiger partial charge in [0.2, 0.25) is 0 Å². The maximum atomic E-state index is 12.1. The lowest BCUT2D eigenvalue weighted by atomic mass is 9.85. The molecule has 2 fully saturated rings. The van der Waals surface area contributed by atoms with E-state index >= 15 is 0 Å². The van der Waals surface area contributed by atoms with E-state index < -0.39 is 5.60 Å². The van der Waals surface area contributed by atoms with E-state index in [2.05, 4.69) is 15.6 Å². The molecule has 0 aliphatic heterocycles. The number of hydrogen-bond acceptors (Lipinski definition) is 4. The Morgan fingerprint density at radius 3 is 2.83 bits per heavy atom. The molecule has 0 bridgehead atoms. The number of carbonyl (C=O) groups excluding carboxylic acids is 1. The summed E-state index contributed by atoms with van der Waals surface area (Å²) < 4.78 is 5.76. The van der Waals surface area contributed by atoms with Crippen LogP contribution in [0.25, 0.3) is 11.1 Å². The highest BCUT2D eigenvalue weighted by Crippen LogP contribution is 2.40. The molecule has 0 spiro atoms. The lowest BCUT2D eigenvalue weighted by molar-refractivity contribution is 0.00755. The zero-order valence-corrected chi connectivity index (χ0v) is 13.7. The van der Waals surface area contributed by atoms with Crippen LogP contribution in [-0.2, 0) is 0 Å². The number of nitrogens with one attached hydrogen (secondary N) is 2. The van der Waals surface area contributed by atoms with Gasteiger partial charge in [-0.3, -0.25) is 0 Å². The van der Waals surface area contributed by atoms with Crippen LogP contribution < -0.4 is 10.6 Å². The number of benzene rings is 1. The van der Waals surface area contributed by atoms with E-state index in [1.165, 1.54) is 0 Å². The molecule has 3 N–H and O–H groups in total. The normalized spacial score (nSPS) is 20.0. The van der Waals surface area contributed by atoms with Gasteiger partial charge in [0, 0.05) is 24.2 Å². The lowest BCUT2D eigenvalue weighted by Crippen LogP contribution is -2.45. The average molecular weight is 329 g/mol. The van der Waals surface area contributed by atoms with Crippen molar-refractivity contribution in [3.63, 3.8) is 0 Å². The van der Waals surface area contributed by atoms with Crippen molar-refractivity contribution in [2.24, 2.45) is 0 Å². The monoisotopic (exact) mass is 329 g/mol. The predicted molar refractivity (Wildman–Crippen MR) is 91.0 cm³/mol. The van der Waals surface area contributed by atoms with Crippen LogP contribution in [0.5, 0.6) is 0 Å². The maximum absolute atomic E-state index is 12.1. The number of aliphatic hydroxyl groups is 1. The van der Waals surface area contributed by atoms with Gasteiger partial charge >= 0.3 is 6.03 Å². The molecule has 1 aromatic heterocycles. The Bertz CT molecular complexity index is 745. The Balaban J connectivity index is 1.37. The third-order valence-corrected chi connectivity index (χ3v) is 4.95. The average Bonchev–Trinajstić information content (AvgIpc) is 3.34. The van der Waals surface area contributed by atoms with Crippen molar-refractivity contribution in [1.29, 1.82) is 0 Å². The molecular weight excluding hydrogens is 306 g/mol. The molecule has 4 rings (SSSR count). The van der Waals surface area contributed by atoms with Gasteiger partial charge in [-0.15, -0.1) is 0 Å². The van der Waals surface area contributed by atoms with Crippen LogP contribution in [0, 0.1) is 0 Å². The third kappa shape index (κ3) is 3.38. The van der Waals surface area contributed by atoms with E-state index in [9.17, 15) is 9.90 Å². The molecule has 0 radical (unpaired) electrons. The highest BCUT2D eigenvalue weighted by atomic mass is 16.3. The Kier molecular flexibility index (Phi) is 3.92. The van der Waals surface area contributed by atoms with E-state index in [1.807, 2.05) is 12.1 Å². The molecule has 1 heterocycles. The molecule has 2 aliphatic rings. The van der Waals surface area contributed by atoms with E-state index in [0.717, 1.165) is 56.4 Å². The first kappa shape index (κ1) is 15.4. The van der Waals surface area contributed by atoms with Gasteiger partial charge in [0.25, 0.3) is 0 Å². The first-order chi connectivity index (χ1) is 11.6. The summed E-state index contributed by atoms with van der Waals surface area (Å²) in [7, 11) is 0. The van der Waals surface area contributed by atoms with Crippen LogP contribution in [0.1, 0.15) is 56.8 Å². The maximum Gasteiger partial charge on any atom is 0.319 e. The summed E-state index contributed by atoms with van der Waals surface area (Å²) in [5, 5.41) is 16.0. The van der Waals surface area contributed by atoms with Crippen molar-refractivity contribution < 1.29 is 14.3 Å².